The number of unbranched alkanes of at least 4 members (excludes halogenated alkanes) is 11. The van der Waals surface area contributed by atoms with E-state index >= 15 is 0 Å². The molecule has 268 valence electrons. The largest absolute Gasteiger partial charge is 0.455 e. The van der Waals surface area contributed by atoms with Gasteiger partial charge in [0.25, 0.3) is 0 Å². The molecule has 0 aromatic heterocycles. The molecule has 0 spiro atoms. The quantitative estimate of drug-likeness (QED) is 0.0609. The summed E-state index contributed by atoms with van der Waals surface area (Å²) < 4.78 is 17.4. The van der Waals surface area contributed by atoms with Crippen molar-refractivity contribution in [2.75, 3.05) is 0 Å². The summed E-state index contributed by atoms with van der Waals surface area (Å²) in [4.78, 5) is 11.6. The third-order valence-electron chi connectivity index (χ3n) is 10.2. The number of aliphatic hydroxyl groups is 5. The van der Waals surface area contributed by atoms with Crippen LogP contribution in [0.1, 0.15) is 155 Å². The number of carbonyl (C=O) groups excluding carboxylic acids is 1. The number of rotatable bonds is 25. The highest BCUT2D eigenvalue weighted by molar-refractivity contribution is 5.90. The van der Waals surface area contributed by atoms with Crippen molar-refractivity contribution >= 4 is 5.97 Å². The van der Waals surface area contributed by atoms with E-state index in [0.29, 0.717) is 44.9 Å². The van der Waals surface area contributed by atoms with Crippen molar-refractivity contribution in [2.24, 2.45) is 0 Å². The molecule has 5 N–H and O–H groups in total. The molecule has 0 aromatic carbocycles. The van der Waals surface area contributed by atoms with Crippen LogP contribution >= 0.6 is 0 Å². The maximum atomic E-state index is 11.6. The first-order chi connectivity index (χ1) is 22.2. The van der Waals surface area contributed by atoms with E-state index in [2.05, 4.69) is 6.92 Å². The van der Waals surface area contributed by atoms with Gasteiger partial charge in [0, 0.05) is 12.0 Å². The highest BCUT2D eigenvalue weighted by Gasteiger charge is 2.45. The number of esters is 1. The van der Waals surface area contributed by atoms with E-state index in [-0.39, 0.29) is 30.4 Å². The fourth-order valence-corrected chi connectivity index (χ4v) is 7.33. The standard InChI is InChI=1S/C37H66O9/c1-3-4-13-18-28(38)29(39)20-16-21-30(40)33-22-23-34(45-33)35-25-32(42)36(46-35)31(41)19-15-12-10-8-6-5-7-9-11-14-17-27-24-26(2)44-37(27)43/h24,26,28-36,38-42H,3-23,25H2,1-2H3/t26?,28-,29-,30+,31-,32?,33+,34?,35?,36-/m0/s1. The van der Waals surface area contributed by atoms with Crippen molar-refractivity contribution in [3.8, 4) is 0 Å². The number of aliphatic hydroxyl groups excluding tert-OH is 5. The Bertz CT molecular complexity index is 866. The summed E-state index contributed by atoms with van der Waals surface area (Å²) in [7, 11) is 0. The van der Waals surface area contributed by atoms with Crippen LogP contribution in [0.5, 0.6) is 0 Å². The highest BCUT2D eigenvalue weighted by Crippen LogP contribution is 2.35. The molecule has 9 nitrogen and oxygen atoms in total. The summed E-state index contributed by atoms with van der Waals surface area (Å²) in [6.45, 7) is 4.01. The molecule has 0 radical (unpaired) electrons. The van der Waals surface area contributed by atoms with Gasteiger partial charge in [-0.2, -0.15) is 0 Å². The van der Waals surface area contributed by atoms with E-state index in [9.17, 15) is 30.3 Å². The minimum atomic E-state index is -0.760. The van der Waals surface area contributed by atoms with Crippen molar-refractivity contribution in [2.45, 2.75) is 216 Å². The molecule has 0 amide bonds. The lowest BCUT2D eigenvalue weighted by atomic mass is 9.98. The van der Waals surface area contributed by atoms with Gasteiger partial charge in [-0.15, -0.1) is 0 Å². The normalized spacial score (nSPS) is 29.1. The van der Waals surface area contributed by atoms with Crippen LogP contribution in [0.3, 0.4) is 0 Å². The summed E-state index contributed by atoms with van der Waals surface area (Å²) in [5, 5.41) is 52.4. The lowest BCUT2D eigenvalue weighted by Gasteiger charge is -2.24. The van der Waals surface area contributed by atoms with Gasteiger partial charge in [-0.1, -0.05) is 84.0 Å². The van der Waals surface area contributed by atoms with Crippen molar-refractivity contribution in [1.82, 2.24) is 0 Å². The zero-order valence-electron chi connectivity index (χ0n) is 28.8. The molecule has 0 bridgehead atoms. The minimum Gasteiger partial charge on any atom is -0.455 e. The predicted molar refractivity (Wildman–Crippen MR) is 178 cm³/mol. The molecular weight excluding hydrogens is 588 g/mol. The van der Waals surface area contributed by atoms with Gasteiger partial charge in [0.1, 0.15) is 12.2 Å². The predicted octanol–water partition coefficient (Wildman–Crippen LogP) is 5.80. The fourth-order valence-electron chi connectivity index (χ4n) is 7.33. The van der Waals surface area contributed by atoms with Gasteiger partial charge in [-0.25, -0.2) is 4.79 Å². The van der Waals surface area contributed by atoms with Crippen molar-refractivity contribution in [1.29, 1.82) is 0 Å². The molecule has 10 atom stereocenters. The Kier molecular flexibility index (Phi) is 18.7. The summed E-state index contributed by atoms with van der Waals surface area (Å²) in [5.74, 6) is -0.141. The average molecular weight is 655 g/mol. The molecule has 46 heavy (non-hydrogen) atoms. The Morgan fingerprint density at radius 1 is 0.717 bits per heavy atom. The van der Waals surface area contributed by atoms with E-state index in [0.717, 1.165) is 69.8 Å². The Morgan fingerprint density at radius 3 is 1.93 bits per heavy atom. The van der Waals surface area contributed by atoms with E-state index in [4.69, 9.17) is 14.2 Å². The Morgan fingerprint density at radius 2 is 1.30 bits per heavy atom. The van der Waals surface area contributed by atoms with Crippen molar-refractivity contribution in [3.63, 3.8) is 0 Å². The van der Waals surface area contributed by atoms with Gasteiger partial charge >= 0.3 is 5.97 Å². The molecule has 2 saturated heterocycles. The molecule has 9 heteroatoms. The second-order valence-electron chi connectivity index (χ2n) is 14.3. The molecule has 3 aliphatic heterocycles. The van der Waals surface area contributed by atoms with Gasteiger partial charge in [-0.05, 0) is 70.8 Å². The van der Waals surface area contributed by atoms with Crippen LogP contribution in [0.25, 0.3) is 0 Å². The van der Waals surface area contributed by atoms with E-state index in [1.807, 2.05) is 13.0 Å². The van der Waals surface area contributed by atoms with E-state index < -0.39 is 36.6 Å². The smallest absolute Gasteiger partial charge is 0.334 e. The molecule has 4 unspecified atom stereocenters. The van der Waals surface area contributed by atoms with Crippen LogP contribution in [-0.4, -0.2) is 92.5 Å². The molecule has 2 fully saturated rings. The van der Waals surface area contributed by atoms with Crippen molar-refractivity contribution in [3.05, 3.63) is 11.6 Å². The maximum absolute atomic E-state index is 11.6. The van der Waals surface area contributed by atoms with Gasteiger partial charge in [0.15, 0.2) is 0 Å². The van der Waals surface area contributed by atoms with Crippen LogP contribution in [-0.2, 0) is 19.0 Å². The third kappa shape index (κ3) is 13.8. The van der Waals surface area contributed by atoms with Crippen LogP contribution < -0.4 is 0 Å². The zero-order valence-corrected chi connectivity index (χ0v) is 28.8. The van der Waals surface area contributed by atoms with Crippen LogP contribution in [0.15, 0.2) is 11.6 Å². The summed E-state index contributed by atoms with van der Waals surface area (Å²) in [6.07, 6.45) is 17.0. The highest BCUT2D eigenvalue weighted by atomic mass is 16.6. The molecule has 3 rings (SSSR count). The van der Waals surface area contributed by atoms with Gasteiger partial charge in [0.2, 0.25) is 0 Å². The van der Waals surface area contributed by atoms with Crippen LogP contribution in [0, 0.1) is 0 Å². The molecular formula is C37H66O9. The fraction of sp³-hybridized carbons (Fsp3) is 0.919. The first kappa shape index (κ1) is 39.4. The monoisotopic (exact) mass is 654 g/mol. The van der Waals surface area contributed by atoms with Gasteiger partial charge in [0.05, 0.1) is 48.8 Å². The molecule has 0 saturated carbocycles. The lowest BCUT2D eigenvalue weighted by molar-refractivity contribution is -0.139. The Balaban J connectivity index is 1.18. The first-order valence-electron chi connectivity index (χ1n) is 18.8. The van der Waals surface area contributed by atoms with E-state index in [1.54, 1.807) is 0 Å². The average Bonchev–Trinajstić information content (AvgIpc) is 3.75. The zero-order chi connectivity index (χ0) is 33.3. The summed E-state index contributed by atoms with van der Waals surface area (Å²) in [6, 6.07) is 0. The third-order valence-corrected chi connectivity index (χ3v) is 10.2. The molecule has 3 aliphatic rings. The van der Waals surface area contributed by atoms with Crippen LogP contribution in [0.4, 0.5) is 0 Å². The van der Waals surface area contributed by atoms with Crippen LogP contribution in [0.2, 0.25) is 0 Å². The molecule has 0 aromatic rings. The number of hydrogen-bond acceptors (Lipinski definition) is 9. The van der Waals surface area contributed by atoms with E-state index in [1.165, 1.54) is 32.1 Å². The number of carbonyl (C=O) groups is 1. The topological polar surface area (TPSA) is 146 Å². The SMILES string of the molecule is CCCCC[C@H](O)[C@@H](O)CCC[C@@H](O)[C@H]1CCC(C2CC(O)[C@H]([C@@H](O)CCCCCCCCCCCCC3=CC(C)OC3=O)O2)O1. The number of ether oxygens (including phenoxy) is 3. The van der Waals surface area contributed by atoms with Gasteiger partial charge in [-0.3, -0.25) is 0 Å². The second-order valence-corrected chi connectivity index (χ2v) is 14.3. The summed E-state index contributed by atoms with van der Waals surface area (Å²) in [5.41, 5.74) is 0.843. The van der Waals surface area contributed by atoms with Crippen molar-refractivity contribution < 1.29 is 44.5 Å². The molecule has 3 heterocycles. The van der Waals surface area contributed by atoms with Gasteiger partial charge < -0.3 is 39.7 Å². The lowest BCUT2D eigenvalue weighted by Crippen LogP contribution is -2.35. The Hall–Kier alpha value is -1.07. The second kappa shape index (κ2) is 21.8. The number of hydrogen-bond donors (Lipinski definition) is 5. The first-order valence-corrected chi connectivity index (χ1v) is 18.8. The minimum absolute atomic E-state index is 0.0701. The maximum Gasteiger partial charge on any atom is 0.334 e. The molecule has 0 aliphatic carbocycles. The Labute approximate surface area is 278 Å². The number of cyclic esters (lactones) is 1. The summed E-state index contributed by atoms with van der Waals surface area (Å²) >= 11 is 0.